The monoisotopic (exact) mass is 375 g/mol. The third kappa shape index (κ3) is 3.39. The molecule has 5 rings (SSSR count). The zero-order chi connectivity index (χ0) is 18.3. The number of guanidine groups is 1. The Kier molecular flexibility index (Phi) is 5.10. The lowest BCUT2D eigenvalue weighted by molar-refractivity contribution is -0.125. The van der Waals surface area contributed by atoms with Gasteiger partial charge in [-0.05, 0) is 57.8 Å². The lowest BCUT2D eigenvalue weighted by Gasteiger charge is -2.57. The maximum Gasteiger partial charge on any atom is 0.194 e. The van der Waals surface area contributed by atoms with Crippen molar-refractivity contribution >= 4 is 5.96 Å². The Balaban J connectivity index is 1.20. The summed E-state index contributed by atoms with van der Waals surface area (Å²) in [6.45, 7) is 7.11. The highest BCUT2D eigenvalue weighted by Gasteiger charge is 2.65. The second kappa shape index (κ2) is 7.55. The molecule has 5 heteroatoms. The summed E-state index contributed by atoms with van der Waals surface area (Å²) in [6, 6.07) is 0.571. The third-order valence-electron chi connectivity index (χ3n) is 7.88. The van der Waals surface area contributed by atoms with Crippen LogP contribution < -0.4 is 5.32 Å². The Morgan fingerprint density at radius 2 is 1.93 bits per heavy atom. The van der Waals surface area contributed by atoms with Crippen molar-refractivity contribution in [2.75, 3.05) is 32.8 Å². The zero-order valence-electron chi connectivity index (χ0n) is 17.0. The molecule has 5 fully saturated rings. The number of likely N-dealkylation sites (tertiary alicyclic amines) is 1. The number of fused-ring (bicyclic) bond motifs is 2. The van der Waals surface area contributed by atoms with E-state index in [0.717, 1.165) is 57.6 Å². The average Bonchev–Trinajstić information content (AvgIpc) is 3.18. The van der Waals surface area contributed by atoms with Gasteiger partial charge in [0.05, 0.1) is 12.2 Å². The van der Waals surface area contributed by atoms with E-state index in [1.54, 1.807) is 0 Å². The van der Waals surface area contributed by atoms with E-state index >= 15 is 0 Å². The molecule has 2 saturated heterocycles. The van der Waals surface area contributed by atoms with Crippen LogP contribution in [-0.4, -0.2) is 62.0 Å². The number of ether oxygens (including phenoxy) is 2. The average molecular weight is 376 g/mol. The Morgan fingerprint density at radius 3 is 2.63 bits per heavy atom. The molecule has 3 saturated carbocycles. The third-order valence-corrected chi connectivity index (χ3v) is 7.88. The van der Waals surface area contributed by atoms with Crippen molar-refractivity contribution in [2.45, 2.75) is 83.0 Å². The highest BCUT2D eigenvalue weighted by Crippen LogP contribution is 2.60. The van der Waals surface area contributed by atoms with Crippen LogP contribution in [-0.2, 0) is 9.47 Å². The van der Waals surface area contributed by atoms with E-state index < -0.39 is 0 Å². The van der Waals surface area contributed by atoms with E-state index in [-0.39, 0.29) is 0 Å². The summed E-state index contributed by atoms with van der Waals surface area (Å²) in [5.74, 6) is 2.72. The summed E-state index contributed by atoms with van der Waals surface area (Å²) >= 11 is 0. The normalized spacial score (nSPS) is 36.1. The molecule has 3 atom stereocenters. The fourth-order valence-corrected chi connectivity index (χ4v) is 6.22. The van der Waals surface area contributed by atoms with Crippen LogP contribution in [0.1, 0.15) is 64.7 Å². The maximum atomic E-state index is 6.16. The van der Waals surface area contributed by atoms with Crippen molar-refractivity contribution in [3.05, 3.63) is 0 Å². The standard InChI is InChI=1S/C22H37N3O2/c1-2-23-21(25-12-7-17(8-13-25)27-15-16-5-6-16)24-19-18-9-14-26-20(18)22(19)10-3-4-11-22/h16-20H,2-15H2,1H3,(H,23,24). The first-order valence-electron chi connectivity index (χ1n) is 11.6. The molecule has 27 heavy (non-hydrogen) atoms. The molecule has 0 bridgehead atoms. The minimum absolute atomic E-state index is 0.390. The van der Waals surface area contributed by atoms with Crippen molar-refractivity contribution in [2.24, 2.45) is 22.2 Å². The quantitative estimate of drug-likeness (QED) is 0.592. The first-order chi connectivity index (χ1) is 13.3. The minimum atomic E-state index is 0.390. The van der Waals surface area contributed by atoms with Crippen LogP contribution >= 0.6 is 0 Å². The number of hydrogen-bond acceptors (Lipinski definition) is 3. The molecule has 0 aromatic heterocycles. The molecule has 3 unspecified atom stereocenters. The molecule has 0 amide bonds. The van der Waals surface area contributed by atoms with Crippen LogP contribution in [0, 0.1) is 17.3 Å². The number of nitrogens with one attached hydrogen (secondary N) is 1. The van der Waals surface area contributed by atoms with Gasteiger partial charge in [-0.3, -0.25) is 4.99 Å². The predicted molar refractivity (Wildman–Crippen MR) is 107 cm³/mol. The topological polar surface area (TPSA) is 46.1 Å². The van der Waals surface area contributed by atoms with Crippen LogP contribution in [0.5, 0.6) is 0 Å². The van der Waals surface area contributed by atoms with E-state index in [2.05, 4.69) is 17.1 Å². The van der Waals surface area contributed by atoms with Gasteiger partial charge in [0.2, 0.25) is 0 Å². The van der Waals surface area contributed by atoms with Gasteiger partial charge in [0.1, 0.15) is 0 Å². The Bertz CT molecular complexity index is 548. The number of piperidine rings is 1. The Hall–Kier alpha value is -0.810. The number of nitrogens with zero attached hydrogens (tertiary/aromatic N) is 2. The van der Waals surface area contributed by atoms with Crippen molar-refractivity contribution in [1.82, 2.24) is 10.2 Å². The predicted octanol–water partition coefficient (Wildman–Crippen LogP) is 3.19. The van der Waals surface area contributed by atoms with Crippen molar-refractivity contribution in [1.29, 1.82) is 0 Å². The molecule has 1 N–H and O–H groups in total. The van der Waals surface area contributed by atoms with Crippen LogP contribution in [0.25, 0.3) is 0 Å². The van der Waals surface area contributed by atoms with Crippen molar-refractivity contribution in [3.8, 4) is 0 Å². The lowest BCUT2D eigenvalue weighted by atomic mass is 9.54. The summed E-state index contributed by atoms with van der Waals surface area (Å²) in [4.78, 5) is 7.39. The molecule has 2 aliphatic heterocycles. The maximum absolute atomic E-state index is 6.16. The van der Waals surface area contributed by atoms with Gasteiger partial charge < -0.3 is 19.7 Å². The molecule has 0 aromatic rings. The van der Waals surface area contributed by atoms with Gasteiger partial charge in [-0.15, -0.1) is 0 Å². The number of hydrogen-bond donors (Lipinski definition) is 1. The highest BCUT2D eigenvalue weighted by molar-refractivity contribution is 5.80. The summed E-state index contributed by atoms with van der Waals surface area (Å²) in [5.41, 5.74) is 0.390. The summed E-state index contributed by atoms with van der Waals surface area (Å²) in [5, 5.41) is 3.96. The van der Waals surface area contributed by atoms with E-state index in [4.69, 9.17) is 14.5 Å². The first-order valence-corrected chi connectivity index (χ1v) is 11.6. The number of aliphatic imine (C=N–C) groups is 1. The van der Waals surface area contributed by atoms with Gasteiger partial charge in [0, 0.05) is 50.2 Å². The van der Waals surface area contributed by atoms with E-state index in [0.29, 0.717) is 29.6 Å². The Labute approximate surface area is 164 Å². The fraction of sp³-hybridized carbons (Fsp3) is 0.955. The molecule has 3 aliphatic carbocycles. The molecule has 0 aromatic carbocycles. The number of rotatable bonds is 5. The van der Waals surface area contributed by atoms with Gasteiger partial charge in [0.15, 0.2) is 5.96 Å². The van der Waals surface area contributed by atoms with Gasteiger partial charge in [-0.2, -0.15) is 0 Å². The second-order valence-electron chi connectivity index (χ2n) is 9.57. The fourth-order valence-electron chi connectivity index (χ4n) is 6.22. The molecule has 152 valence electrons. The van der Waals surface area contributed by atoms with Crippen LogP contribution in [0.4, 0.5) is 0 Å². The highest BCUT2D eigenvalue weighted by atomic mass is 16.5. The van der Waals surface area contributed by atoms with Crippen LogP contribution in [0.15, 0.2) is 4.99 Å². The largest absolute Gasteiger partial charge is 0.378 e. The van der Waals surface area contributed by atoms with Crippen molar-refractivity contribution < 1.29 is 9.47 Å². The second-order valence-corrected chi connectivity index (χ2v) is 9.57. The van der Waals surface area contributed by atoms with Crippen LogP contribution in [0.2, 0.25) is 0 Å². The molecule has 5 aliphatic rings. The minimum Gasteiger partial charge on any atom is -0.378 e. The summed E-state index contributed by atoms with van der Waals surface area (Å²) in [7, 11) is 0. The molecular weight excluding hydrogens is 338 g/mol. The molecular formula is C22H37N3O2. The SMILES string of the molecule is CCN=C(NC1C2CCOC2C12CCCC2)N1CCC(OCC2CC2)CC1. The van der Waals surface area contributed by atoms with Gasteiger partial charge in [-0.25, -0.2) is 0 Å². The van der Waals surface area contributed by atoms with Crippen LogP contribution in [0.3, 0.4) is 0 Å². The van der Waals surface area contributed by atoms with Crippen molar-refractivity contribution in [3.63, 3.8) is 0 Å². The van der Waals surface area contributed by atoms with Gasteiger partial charge >= 0.3 is 0 Å². The van der Waals surface area contributed by atoms with E-state index in [9.17, 15) is 0 Å². The summed E-state index contributed by atoms with van der Waals surface area (Å²) in [6.07, 6.45) is 12.7. The molecule has 5 nitrogen and oxygen atoms in total. The smallest absolute Gasteiger partial charge is 0.194 e. The van der Waals surface area contributed by atoms with Gasteiger partial charge in [0.25, 0.3) is 0 Å². The zero-order valence-corrected chi connectivity index (χ0v) is 17.0. The lowest BCUT2D eigenvalue weighted by Crippen LogP contribution is -2.69. The molecule has 0 radical (unpaired) electrons. The Morgan fingerprint density at radius 1 is 1.15 bits per heavy atom. The van der Waals surface area contributed by atoms with Gasteiger partial charge in [-0.1, -0.05) is 12.8 Å². The first kappa shape index (κ1) is 18.2. The molecule has 2 heterocycles. The van der Waals surface area contributed by atoms with E-state index in [1.165, 1.54) is 44.9 Å². The molecule has 1 spiro atoms. The summed E-state index contributed by atoms with van der Waals surface area (Å²) < 4.78 is 12.3. The van der Waals surface area contributed by atoms with E-state index in [1.807, 2.05) is 0 Å².